The van der Waals surface area contributed by atoms with Crippen molar-refractivity contribution in [1.29, 1.82) is 0 Å². The third kappa shape index (κ3) is 1.37. The summed E-state index contributed by atoms with van der Waals surface area (Å²) in [6, 6.07) is 8.37. The van der Waals surface area contributed by atoms with E-state index in [0.29, 0.717) is 0 Å². The fourth-order valence-corrected chi connectivity index (χ4v) is 2.79. The lowest BCUT2D eigenvalue weighted by atomic mass is 9.74. The zero-order valence-electron chi connectivity index (χ0n) is 10.2. The minimum atomic E-state index is 0.889. The van der Waals surface area contributed by atoms with Gasteiger partial charge in [-0.2, -0.15) is 0 Å². The number of rotatable bonds is 0. The second-order valence-electron chi connectivity index (χ2n) is 4.61. The van der Waals surface area contributed by atoms with Crippen LogP contribution in [0.25, 0.3) is 21.8 Å². The molecule has 80 valence electrons. The molecule has 0 unspecified atom stereocenters. The largest absolute Gasteiger partial charge is 0.355 e. The molecule has 0 saturated heterocycles. The molecule has 0 radical (unpaired) electrons. The van der Waals surface area contributed by atoms with Crippen molar-refractivity contribution in [3.8, 4) is 0 Å². The Balaban J connectivity index is 2.67. The van der Waals surface area contributed by atoms with Crippen LogP contribution in [0.2, 0.25) is 5.02 Å². The van der Waals surface area contributed by atoms with Crippen molar-refractivity contribution in [2.24, 2.45) is 0 Å². The Labute approximate surface area is 108 Å². The maximum absolute atomic E-state index is 6.41. The van der Waals surface area contributed by atoms with Gasteiger partial charge < -0.3 is 4.98 Å². The van der Waals surface area contributed by atoms with Gasteiger partial charge in [0.15, 0.2) is 0 Å². The molecule has 0 spiro atoms. The quantitative estimate of drug-likeness (QED) is 0.470. The molecule has 0 aliphatic carbocycles. The van der Waals surface area contributed by atoms with Crippen molar-refractivity contribution in [3.05, 3.63) is 29.3 Å². The molecule has 5 heteroatoms. The standard InChI is InChI=1S/C12H11B3ClN/c13-8-7-5-3-1-2-4-6(5)17-12(7)10(15)9(14)11(8)16/h1-4,17H,13-15H2. The first-order chi connectivity index (χ1) is 8.11. The van der Waals surface area contributed by atoms with Crippen LogP contribution in [0.4, 0.5) is 0 Å². The minimum absolute atomic E-state index is 0.889. The fraction of sp³-hybridized carbons (Fsp3) is 0. The number of aromatic nitrogens is 1. The first-order valence-corrected chi connectivity index (χ1v) is 6.14. The lowest BCUT2D eigenvalue weighted by Crippen LogP contribution is -2.32. The van der Waals surface area contributed by atoms with E-state index in [1.54, 1.807) is 0 Å². The van der Waals surface area contributed by atoms with Gasteiger partial charge in [0.2, 0.25) is 0 Å². The van der Waals surface area contributed by atoms with E-state index in [1.165, 1.54) is 38.2 Å². The highest BCUT2D eigenvalue weighted by Gasteiger charge is 2.13. The van der Waals surface area contributed by atoms with Crippen LogP contribution in [0.15, 0.2) is 24.3 Å². The van der Waals surface area contributed by atoms with Crippen LogP contribution in [0.3, 0.4) is 0 Å². The van der Waals surface area contributed by atoms with Crippen LogP contribution in [0, 0.1) is 0 Å². The topological polar surface area (TPSA) is 15.8 Å². The average molecular weight is 237 g/mol. The molecule has 0 bridgehead atoms. The van der Waals surface area contributed by atoms with Crippen LogP contribution in [0.5, 0.6) is 0 Å². The molecular weight excluding hydrogens is 226 g/mol. The SMILES string of the molecule is Bc1c(Cl)c(B)c2c([nH]c3ccccc32)c1B. The summed E-state index contributed by atoms with van der Waals surface area (Å²) in [6.07, 6.45) is 0. The number of H-pyrrole nitrogens is 1. The van der Waals surface area contributed by atoms with E-state index in [0.717, 1.165) is 5.02 Å². The van der Waals surface area contributed by atoms with Crippen molar-refractivity contribution in [3.63, 3.8) is 0 Å². The van der Waals surface area contributed by atoms with E-state index >= 15 is 0 Å². The zero-order valence-corrected chi connectivity index (χ0v) is 10.9. The highest BCUT2D eigenvalue weighted by atomic mass is 35.5. The highest BCUT2D eigenvalue weighted by Crippen LogP contribution is 2.23. The summed E-state index contributed by atoms with van der Waals surface area (Å²) in [6.45, 7) is 0. The average Bonchev–Trinajstić information content (AvgIpc) is 2.73. The van der Waals surface area contributed by atoms with Gasteiger partial charge in [0, 0.05) is 26.8 Å². The summed E-state index contributed by atoms with van der Waals surface area (Å²) in [5.74, 6) is 0. The Kier molecular flexibility index (Phi) is 2.30. The first-order valence-electron chi connectivity index (χ1n) is 5.77. The first kappa shape index (κ1) is 10.9. The lowest BCUT2D eigenvalue weighted by molar-refractivity contribution is 1.56. The number of fused-ring (bicyclic) bond motifs is 3. The number of benzene rings is 2. The van der Waals surface area contributed by atoms with Gasteiger partial charge in [0.1, 0.15) is 23.5 Å². The van der Waals surface area contributed by atoms with Crippen molar-refractivity contribution in [2.45, 2.75) is 0 Å². The van der Waals surface area contributed by atoms with Gasteiger partial charge in [0.05, 0.1) is 0 Å². The molecule has 1 aromatic heterocycles. The minimum Gasteiger partial charge on any atom is -0.355 e. The summed E-state index contributed by atoms with van der Waals surface area (Å²) in [5, 5.41) is 3.40. The number of hydrogen-bond donors (Lipinski definition) is 1. The Morgan fingerprint density at radius 3 is 2.41 bits per heavy atom. The van der Waals surface area contributed by atoms with Gasteiger partial charge in [-0.15, -0.1) is 0 Å². The molecule has 3 aromatic rings. The molecule has 0 amide bonds. The number of aromatic amines is 1. The molecule has 0 aliphatic heterocycles. The van der Waals surface area contributed by atoms with E-state index in [9.17, 15) is 0 Å². The second kappa shape index (κ2) is 3.61. The molecule has 0 saturated carbocycles. The molecule has 0 atom stereocenters. The molecular formula is C12H11B3ClN. The molecule has 1 heterocycles. The van der Waals surface area contributed by atoms with Crippen LogP contribution >= 0.6 is 11.6 Å². The summed E-state index contributed by atoms with van der Waals surface area (Å²) < 4.78 is 0. The molecule has 1 nitrogen and oxygen atoms in total. The summed E-state index contributed by atoms with van der Waals surface area (Å²) in [5.41, 5.74) is 5.97. The number of para-hydroxylation sites is 1. The summed E-state index contributed by atoms with van der Waals surface area (Å²) >= 11 is 6.41. The molecule has 0 aliphatic rings. The normalized spacial score (nSPS) is 11.4. The van der Waals surface area contributed by atoms with Crippen molar-refractivity contribution in [2.75, 3.05) is 0 Å². The van der Waals surface area contributed by atoms with Crippen LogP contribution in [0.1, 0.15) is 0 Å². The zero-order chi connectivity index (χ0) is 12.2. The van der Waals surface area contributed by atoms with Gasteiger partial charge in [-0.05, 0) is 6.07 Å². The molecule has 0 fully saturated rings. The van der Waals surface area contributed by atoms with E-state index in [-0.39, 0.29) is 0 Å². The number of hydrogen-bond acceptors (Lipinski definition) is 0. The number of nitrogens with one attached hydrogen (secondary N) is 1. The fourth-order valence-electron chi connectivity index (χ4n) is 2.56. The smallest absolute Gasteiger partial charge is 0.142 e. The third-order valence-corrected chi connectivity index (χ3v) is 4.24. The predicted molar refractivity (Wildman–Crippen MR) is 85.3 cm³/mol. The predicted octanol–water partition coefficient (Wildman–Crippen LogP) is -1.25. The van der Waals surface area contributed by atoms with E-state index in [1.807, 2.05) is 0 Å². The van der Waals surface area contributed by atoms with Crippen LogP contribution < -0.4 is 16.4 Å². The lowest BCUT2D eigenvalue weighted by Gasteiger charge is -2.09. The van der Waals surface area contributed by atoms with Crippen molar-refractivity contribution in [1.82, 2.24) is 4.98 Å². The summed E-state index contributed by atoms with van der Waals surface area (Å²) in [7, 11) is 6.30. The van der Waals surface area contributed by atoms with Crippen molar-refractivity contribution >= 4 is 73.3 Å². The van der Waals surface area contributed by atoms with E-state index in [4.69, 9.17) is 11.6 Å². The van der Waals surface area contributed by atoms with E-state index in [2.05, 4.69) is 52.8 Å². The van der Waals surface area contributed by atoms with Gasteiger partial charge in [-0.1, -0.05) is 46.2 Å². The van der Waals surface area contributed by atoms with Gasteiger partial charge in [-0.25, -0.2) is 0 Å². The Morgan fingerprint density at radius 1 is 0.941 bits per heavy atom. The van der Waals surface area contributed by atoms with Gasteiger partial charge in [0.25, 0.3) is 0 Å². The summed E-state index contributed by atoms with van der Waals surface area (Å²) in [4.78, 5) is 3.50. The molecule has 1 N–H and O–H groups in total. The molecule has 2 aromatic carbocycles. The van der Waals surface area contributed by atoms with Gasteiger partial charge in [-0.3, -0.25) is 0 Å². The second-order valence-corrected chi connectivity index (χ2v) is 4.99. The maximum atomic E-state index is 6.41. The van der Waals surface area contributed by atoms with Crippen LogP contribution in [-0.2, 0) is 0 Å². The number of halogens is 1. The Bertz CT molecular complexity index is 748. The van der Waals surface area contributed by atoms with E-state index < -0.39 is 0 Å². The molecule has 17 heavy (non-hydrogen) atoms. The van der Waals surface area contributed by atoms with Crippen LogP contribution in [-0.4, -0.2) is 28.5 Å². The Hall–Kier alpha value is -1.28. The monoisotopic (exact) mass is 237 g/mol. The van der Waals surface area contributed by atoms with Crippen molar-refractivity contribution < 1.29 is 0 Å². The van der Waals surface area contributed by atoms with Gasteiger partial charge >= 0.3 is 0 Å². The highest BCUT2D eigenvalue weighted by molar-refractivity contribution is 6.63. The third-order valence-electron chi connectivity index (χ3n) is 3.68. The molecule has 3 rings (SSSR count). The Morgan fingerprint density at radius 2 is 1.65 bits per heavy atom. The maximum Gasteiger partial charge on any atom is 0.142 e.